The molecule has 0 fully saturated rings. The minimum Gasteiger partial charge on any atom is -0.494 e. The first-order valence-electron chi connectivity index (χ1n) is 7.09. The molecule has 0 spiro atoms. The van der Waals surface area contributed by atoms with Crippen molar-refractivity contribution in [2.45, 2.75) is 26.3 Å². The van der Waals surface area contributed by atoms with Crippen molar-refractivity contribution in [3.8, 4) is 5.75 Å². The molecule has 2 nitrogen and oxygen atoms in total. The van der Waals surface area contributed by atoms with Crippen molar-refractivity contribution in [2.75, 3.05) is 11.9 Å². The summed E-state index contributed by atoms with van der Waals surface area (Å²) in [7, 11) is 0. The zero-order valence-electron chi connectivity index (χ0n) is 12.0. The number of rotatable bonds is 7. The van der Waals surface area contributed by atoms with E-state index in [2.05, 4.69) is 12.2 Å². The van der Waals surface area contributed by atoms with Crippen molar-refractivity contribution in [3.05, 3.63) is 58.9 Å². The lowest BCUT2D eigenvalue weighted by Gasteiger charge is -2.09. The van der Waals surface area contributed by atoms with E-state index in [0.29, 0.717) is 17.3 Å². The van der Waals surface area contributed by atoms with E-state index in [1.165, 1.54) is 12.1 Å². The van der Waals surface area contributed by atoms with Crippen LogP contribution in [0.15, 0.2) is 42.5 Å². The Morgan fingerprint density at radius 3 is 2.62 bits per heavy atom. The monoisotopic (exact) mass is 307 g/mol. The number of anilines is 1. The van der Waals surface area contributed by atoms with Crippen LogP contribution in [0.4, 0.5) is 10.1 Å². The summed E-state index contributed by atoms with van der Waals surface area (Å²) < 4.78 is 19.2. The van der Waals surface area contributed by atoms with Crippen molar-refractivity contribution in [1.82, 2.24) is 0 Å². The highest BCUT2D eigenvalue weighted by Gasteiger charge is 2.03. The SMILES string of the molecule is CCCCOc1ccc(CNc2cc(Cl)ccc2F)cc1. The fourth-order valence-corrected chi connectivity index (χ4v) is 2.04. The van der Waals surface area contributed by atoms with E-state index in [0.717, 1.165) is 30.8 Å². The molecule has 0 amide bonds. The summed E-state index contributed by atoms with van der Waals surface area (Å²) in [5.74, 6) is 0.556. The van der Waals surface area contributed by atoms with Crippen LogP contribution in [0.2, 0.25) is 5.02 Å². The largest absolute Gasteiger partial charge is 0.494 e. The maximum atomic E-state index is 13.6. The number of nitrogens with one attached hydrogen (secondary N) is 1. The number of halogens is 2. The van der Waals surface area contributed by atoms with Gasteiger partial charge in [-0.05, 0) is 42.3 Å². The van der Waals surface area contributed by atoms with E-state index in [1.807, 2.05) is 24.3 Å². The van der Waals surface area contributed by atoms with Gasteiger partial charge in [-0.2, -0.15) is 0 Å². The molecule has 0 bridgehead atoms. The average Bonchev–Trinajstić information content (AvgIpc) is 2.50. The Labute approximate surface area is 129 Å². The Kier molecular flexibility index (Phi) is 5.88. The quantitative estimate of drug-likeness (QED) is 0.704. The summed E-state index contributed by atoms with van der Waals surface area (Å²) >= 11 is 5.86. The van der Waals surface area contributed by atoms with Crippen LogP contribution in [0.3, 0.4) is 0 Å². The molecule has 0 aliphatic heterocycles. The fraction of sp³-hybridized carbons (Fsp3) is 0.294. The summed E-state index contributed by atoms with van der Waals surface area (Å²) in [4.78, 5) is 0. The zero-order valence-corrected chi connectivity index (χ0v) is 12.8. The van der Waals surface area contributed by atoms with Crippen LogP contribution in [0.25, 0.3) is 0 Å². The van der Waals surface area contributed by atoms with Gasteiger partial charge in [-0.15, -0.1) is 0 Å². The molecular formula is C17H19ClFNO. The third-order valence-corrected chi connectivity index (χ3v) is 3.34. The minimum atomic E-state index is -0.307. The fourth-order valence-electron chi connectivity index (χ4n) is 1.87. The molecule has 21 heavy (non-hydrogen) atoms. The second kappa shape index (κ2) is 7.89. The molecule has 0 saturated heterocycles. The molecule has 0 aliphatic rings. The van der Waals surface area contributed by atoms with Crippen molar-refractivity contribution in [2.24, 2.45) is 0 Å². The molecule has 2 aromatic rings. The van der Waals surface area contributed by atoms with Crippen molar-refractivity contribution in [3.63, 3.8) is 0 Å². The number of hydrogen-bond donors (Lipinski definition) is 1. The highest BCUT2D eigenvalue weighted by molar-refractivity contribution is 6.30. The highest BCUT2D eigenvalue weighted by atomic mass is 35.5. The molecule has 2 aromatic carbocycles. The molecule has 4 heteroatoms. The van der Waals surface area contributed by atoms with Gasteiger partial charge >= 0.3 is 0 Å². The molecule has 0 radical (unpaired) electrons. The molecule has 112 valence electrons. The van der Waals surface area contributed by atoms with Crippen LogP contribution in [0.1, 0.15) is 25.3 Å². The van der Waals surface area contributed by atoms with Crippen LogP contribution in [0, 0.1) is 5.82 Å². The molecule has 0 aliphatic carbocycles. The number of ether oxygens (including phenoxy) is 1. The second-order valence-electron chi connectivity index (χ2n) is 4.82. The first-order valence-corrected chi connectivity index (χ1v) is 7.47. The Morgan fingerprint density at radius 1 is 1.14 bits per heavy atom. The van der Waals surface area contributed by atoms with E-state index in [-0.39, 0.29) is 5.82 Å². The van der Waals surface area contributed by atoms with Gasteiger partial charge in [0.1, 0.15) is 11.6 Å². The third-order valence-electron chi connectivity index (χ3n) is 3.10. The normalized spacial score (nSPS) is 10.4. The summed E-state index contributed by atoms with van der Waals surface area (Å²) in [5, 5.41) is 3.55. The molecule has 0 heterocycles. The van der Waals surface area contributed by atoms with Gasteiger partial charge in [-0.1, -0.05) is 37.1 Å². The van der Waals surface area contributed by atoms with Gasteiger partial charge in [0.05, 0.1) is 12.3 Å². The van der Waals surface area contributed by atoms with Crippen LogP contribution >= 0.6 is 11.6 Å². The Bertz CT molecular complexity index is 572. The maximum absolute atomic E-state index is 13.6. The number of benzene rings is 2. The molecule has 0 aromatic heterocycles. The van der Waals surface area contributed by atoms with Gasteiger partial charge in [0.15, 0.2) is 0 Å². The van der Waals surface area contributed by atoms with E-state index in [9.17, 15) is 4.39 Å². The summed E-state index contributed by atoms with van der Waals surface area (Å²) in [6.45, 7) is 3.40. The van der Waals surface area contributed by atoms with Crippen molar-refractivity contribution < 1.29 is 9.13 Å². The van der Waals surface area contributed by atoms with Gasteiger partial charge in [-0.3, -0.25) is 0 Å². The van der Waals surface area contributed by atoms with Crippen molar-refractivity contribution in [1.29, 1.82) is 0 Å². The van der Waals surface area contributed by atoms with Gasteiger partial charge in [0, 0.05) is 11.6 Å². The van der Waals surface area contributed by atoms with Crippen LogP contribution in [0.5, 0.6) is 5.75 Å². The second-order valence-corrected chi connectivity index (χ2v) is 5.26. The highest BCUT2D eigenvalue weighted by Crippen LogP contribution is 2.20. The summed E-state index contributed by atoms with van der Waals surface area (Å²) in [6.07, 6.45) is 2.17. The maximum Gasteiger partial charge on any atom is 0.146 e. The minimum absolute atomic E-state index is 0.307. The van der Waals surface area contributed by atoms with Gasteiger partial charge in [-0.25, -0.2) is 4.39 Å². The van der Waals surface area contributed by atoms with Crippen LogP contribution in [-0.2, 0) is 6.54 Å². The van der Waals surface area contributed by atoms with Gasteiger partial charge < -0.3 is 10.1 Å². The zero-order chi connectivity index (χ0) is 15.1. The molecule has 0 atom stereocenters. The van der Waals surface area contributed by atoms with E-state index in [1.54, 1.807) is 6.07 Å². The summed E-state index contributed by atoms with van der Waals surface area (Å²) in [5.41, 5.74) is 1.46. The topological polar surface area (TPSA) is 21.3 Å². The molecule has 1 N–H and O–H groups in total. The molecule has 0 saturated carbocycles. The lowest BCUT2D eigenvalue weighted by atomic mass is 10.2. The molecular weight excluding hydrogens is 289 g/mol. The lowest BCUT2D eigenvalue weighted by Crippen LogP contribution is -2.02. The molecule has 2 rings (SSSR count). The molecule has 0 unspecified atom stereocenters. The average molecular weight is 308 g/mol. The predicted octanol–water partition coefficient (Wildman–Crippen LogP) is 5.27. The Hall–Kier alpha value is -1.74. The Morgan fingerprint density at radius 2 is 1.90 bits per heavy atom. The van der Waals surface area contributed by atoms with Gasteiger partial charge in [0.2, 0.25) is 0 Å². The van der Waals surface area contributed by atoms with E-state index in [4.69, 9.17) is 16.3 Å². The van der Waals surface area contributed by atoms with Crippen LogP contribution in [-0.4, -0.2) is 6.61 Å². The number of hydrogen-bond acceptors (Lipinski definition) is 2. The van der Waals surface area contributed by atoms with Crippen molar-refractivity contribution >= 4 is 17.3 Å². The summed E-state index contributed by atoms with van der Waals surface area (Å²) in [6, 6.07) is 12.3. The van der Waals surface area contributed by atoms with Gasteiger partial charge in [0.25, 0.3) is 0 Å². The predicted molar refractivity (Wildman–Crippen MR) is 85.6 cm³/mol. The standard InChI is InChI=1S/C17H19ClFNO/c1-2-3-10-21-15-7-4-13(5-8-15)12-20-17-11-14(18)6-9-16(17)19/h4-9,11,20H,2-3,10,12H2,1H3. The lowest BCUT2D eigenvalue weighted by molar-refractivity contribution is 0.309. The first kappa shape index (κ1) is 15.6. The first-order chi connectivity index (χ1) is 10.2. The smallest absolute Gasteiger partial charge is 0.146 e. The number of unbranched alkanes of at least 4 members (excludes halogenated alkanes) is 1. The van der Waals surface area contributed by atoms with Crippen LogP contribution < -0.4 is 10.1 Å². The van der Waals surface area contributed by atoms with E-state index < -0.39 is 0 Å². The van der Waals surface area contributed by atoms with E-state index >= 15 is 0 Å². The third kappa shape index (κ3) is 4.94. The Balaban J connectivity index is 1.90.